The SMILES string of the molecule is COC(=O)c1cc(OC(C)c2ccccc2)cc(C)c1N. The fraction of sp³-hybridized carbons (Fsp3) is 0.235. The molecule has 0 aliphatic heterocycles. The molecule has 2 aromatic rings. The summed E-state index contributed by atoms with van der Waals surface area (Å²) in [7, 11) is 1.33. The lowest BCUT2D eigenvalue weighted by Crippen LogP contribution is -2.09. The molecular formula is C17H19NO3. The van der Waals surface area contributed by atoms with Gasteiger partial charge in [0.05, 0.1) is 12.7 Å². The van der Waals surface area contributed by atoms with Crippen LogP contribution >= 0.6 is 0 Å². The number of nitrogens with two attached hydrogens (primary N) is 1. The summed E-state index contributed by atoms with van der Waals surface area (Å²) in [6.45, 7) is 3.79. The summed E-state index contributed by atoms with van der Waals surface area (Å²) in [6.07, 6.45) is -0.125. The van der Waals surface area contributed by atoms with Crippen molar-refractivity contribution in [2.75, 3.05) is 12.8 Å². The van der Waals surface area contributed by atoms with Crippen LogP contribution in [0.3, 0.4) is 0 Å². The maximum Gasteiger partial charge on any atom is 0.340 e. The Morgan fingerprint density at radius 1 is 1.19 bits per heavy atom. The molecule has 4 heteroatoms. The second-order valence-electron chi connectivity index (χ2n) is 4.86. The van der Waals surface area contributed by atoms with Crippen LogP contribution in [0.15, 0.2) is 42.5 Å². The Morgan fingerprint density at radius 3 is 2.48 bits per heavy atom. The maximum absolute atomic E-state index is 11.7. The van der Waals surface area contributed by atoms with Crippen LogP contribution in [0.5, 0.6) is 5.75 Å². The van der Waals surface area contributed by atoms with Crippen molar-refractivity contribution in [2.24, 2.45) is 0 Å². The lowest BCUT2D eigenvalue weighted by atomic mass is 10.1. The molecule has 0 aromatic heterocycles. The predicted octanol–water partition coefficient (Wildman–Crippen LogP) is 3.50. The van der Waals surface area contributed by atoms with Crippen molar-refractivity contribution >= 4 is 11.7 Å². The topological polar surface area (TPSA) is 61.5 Å². The first kappa shape index (κ1) is 14.9. The molecule has 0 heterocycles. The van der Waals surface area contributed by atoms with Gasteiger partial charge in [-0.15, -0.1) is 0 Å². The monoisotopic (exact) mass is 285 g/mol. The number of rotatable bonds is 4. The molecule has 2 aromatic carbocycles. The maximum atomic E-state index is 11.7. The van der Waals surface area contributed by atoms with Gasteiger partial charge >= 0.3 is 5.97 Å². The van der Waals surface area contributed by atoms with Crippen LogP contribution in [0.1, 0.15) is 34.5 Å². The molecule has 110 valence electrons. The molecule has 0 spiro atoms. The minimum atomic E-state index is -0.464. The number of nitrogen functional groups attached to an aromatic ring is 1. The summed E-state index contributed by atoms with van der Waals surface area (Å²) in [5.41, 5.74) is 8.51. The van der Waals surface area contributed by atoms with Crippen LogP contribution in [0.4, 0.5) is 5.69 Å². The van der Waals surface area contributed by atoms with E-state index in [9.17, 15) is 4.79 Å². The Morgan fingerprint density at radius 2 is 1.86 bits per heavy atom. The zero-order chi connectivity index (χ0) is 15.4. The predicted molar refractivity (Wildman–Crippen MR) is 82.4 cm³/mol. The molecule has 2 N–H and O–H groups in total. The van der Waals surface area contributed by atoms with Gasteiger partial charge < -0.3 is 15.2 Å². The number of hydrogen-bond acceptors (Lipinski definition) is 4. The van der Waals surface area contributed by atoms with Crippen molar-refractivity contribution in [3.8, 4) is 5.75 Å². The fourth-order valence-corrected chi connectivity index (χ4v) is 2.11. The number of hydrogen-bond donors (Lipinski definition) is 1. The first-order valence-corrected chi connectivity index (χ1v) is 6.73. The zero-order valence-electron chi connectivity index (χ0n) is 12.4. The van der Waals surface area contributed by atoms with E-state index in [1.54, 1.807) is 6.07 Å². The van der Waals surface area contributed by atoms with E-state index in [2.05, 4.69) is 0 Å². The molecular weight excluding hydrogens is 266 g/mol. The van der Waals surface area contributed by atoms with Crippen LogP contribution < -0.4 is 10.5 Å². The van der Waals surface area contributed by atoms with Crippen molar-refractivity contribution in [1.82, 2.24) is 0 Å². The third kappa shape index (κ3) is 3.34. The van der Waals surface area contributed by atoms with E-state index < -0.39 is 5.97 Å². The number of anilines is 1. The highest BCUT2D eigenvalue weighted by Gasteiger charge is 2.15. The smallest absolute Gasteiger partial charge is 0.340 e. The van der Waals surface area contributed by atoms with E-state index >= 15 is 0 Å². The first-order chi connectivity index (χ1) is 10.0. The zero-order valence-corrected chi connectivity index (χ0v) is 12.4. The number of methoxy groups -OCH3 is 1. The normalized spacial score (nSPS) is 11.8. The molecule has 0 fully saturated rings. The Bertz CT molecular complexity index is 638. The minimum Gasteiger partial charge on any atom is -0.486 e. The molecule has 21 heavy (non-hydrogen) atoms. The van der Waals surface area contributed by atoms with Crippen LogP contribution in [0, 0.1) is 6.92 Å². The molecule has 1 unspecified atom stereocenters. The fourth-order valence-electron chi connectivity index (χ4n) is 2.11. The Hall–Kier alpha value is -2.49. The van der Waals surface area contributed by atoms with Crippen LogP contribution in [0.2, 0.25) is 0 Å². The minimum absolute atomic E-state index is 0.125. The van der Waals surface area contributed by atoms with Gasteiger partial charge in [-0.05, 0) is 37.1 Å². The number of ether oxygens (including phenoxy) is 2. The van der Waals surface area contributed by atoms with Crippen molar-refractivity contribution < 1.29 is 14.3 Å². The molecule has 0 amide bonds. The molecule has 1 atom stereocenters. The Labute approximate surface area is 124 Å². The molecule has 2 rings (SSSR count). The molecule has 4 nitrogen and oxygen atoms in total. The van der Waals surface area contributed by atoms with Gasteiger partial charge in [0.2, 0.25) is 0 Å². The van der Waals surface area contributed by atoms with Gasteiger partial charge in [-0.1, -0.05) is 30.3 Å². The van der Waals surface area contributed by atoms with Crippen LogP contribution in [0.25, 0.3) is 0 Å². The number of benzene rings is 2. The average molecular weight is 285 g/mol. The number of carbonyl (C=O) groups excluding carboxylic acids is 1. The van der Waals surface area contributed by atoms with Gasteiger partial charge in [0, 0.05) is 5.69 Å². The average Bonchev–Trinajstić information content (AvgIpc) is 2.50. The van der Waals surface area contributed by atoms with E-state index in [1.807, 2.05) is 50.2 Å². The van der Waals surface area contributed by atoms with E-state index in [0.717, 1.165) is 11.1 Å². The summed E-state index contributed by atoms with van der Waals surface area (Å²) in [6, 6.07) is 13.3. The van der Waals surface area contributed by atoms with Crippen LogP contribution in [-0.4, -0.2) is 13.1 Å². The number of esters is 1. The van der Waals surface area contributed by atoms with Crippen molar-refractivity contribution in [3.05, 3.63) is 59.2 Å². The van der Waals surface area contributed by atoms with Gasteiger partial charge in [0.1, 0.15) is 11.9 Å². The molecule has 0 bridgehead atoms. The van der Waals surface area contributed by atoms with Gasteiger partial charge in [-0.3, -0.25) is 0 Å². The van der Waals surface area contributed by atoms with Gasteiger partial charge in [0.15, 0.2) is 0 Å². The Balaban J connectivity index is 2.28. The summed E-state index contributed by atoms with van der Waals surface area (Å²) in [4.78, 5) is 11.7. The number of aryl methyl sites for hydroxylation is 1. The lowest BCUT2D eigenvalue weighted by molar-refractivity contribution is 0.0601. The second kappa shape index (κ2) is 6.31. The van der Waals surface area contributed by atoms with Gasteiger partial charge in [-0.25, -0.2) is 4.79 Å². The van der Waals surface area contributed by atoms with Crippen molar-refractivity contribution in [1.29, 1.82) is 0 Å². The van der Waals surface area contributed by atoms with E-state index in [0.29, 0.717) is 17.0 Å². The molecule has 0 aliphatic rings. The number of carbonyl (C=O) groups is 1. The van der Waals surface area contributed by atoms with Crippen molar-refractivity contribution in [3.63, 3.8) is 0 Å². The highest BCUT2D eigenvalue weighted by Crippen LogP contribution is 2.28. The third-order valence-electron chi connectivity index (χ3n) is 3.35. The van der Waals surface area contributed by atoms with Crippen molar-refractivity contribution in [2.45, 2.75) is 20.0 Å². The molecule has 0 radical (unpaired) electrons. The van der Waals surface area contributed by atoms with Gasteiger partial charge in [0.25, 0.3) is 0 Å². The highest BCUT2D eigenvalue weighted by atomic mass is 16.5. The summed E-state index contributed by atoms with van der Waals surface area (Å²) >= 11 is 0. The van der Waals surface area contributed by atoms with E-state index in [1.165, 1.54) is 7.11 Å². The third-order valence-corrected chi connectivity index (χ3v) is 3.35. The van der Waals surface area contributed by atoms with Crippen LogP contribution in [-0.2, 0) is 4.74 Å². The molecule has 0 saturated carbocycles. The van der Waals surface area contributed by atoms with Gasteiger partial charge in [-0.2, -0.15) is 0 Å². The molecule has 0 aliphatic carbocycles. The second-order valence-corrected chi connectivity index (χ2v) is 4.86. The summed E-state index contributed by atoms with van der Waals surface area (Å²) < 4.78 is 10.7. The Kier molecular flexibility index (Phi) is 4.48. The highest BCUT2D eigenvalue weighted by molar-refractivity contribution is 5.96. The molecule has 0 saturated heterocycles. The standard InChI is InChI=1S/C17H19NO3/c1-11-9-14(10-15(16(11)18)17(19)20-3)21-12(2)13-7-5-4-6-8-13/h4-10,12H,18H2,1-3H3. The van der Waals surface area contributed by atoms with E-state index in [-0.39, 0.29) is 6.10 Å². The summed E-state index contributed by atoms with van der Waals surface area (Å²) in [5.74, 6) is 0.131. The largest absolute Gasteiger partial charge is 0.486 e. The quantitative estimate of drug-likeness (QED) is 0.690. The summed E-state index contributed by atoms with van der Waals surface area (Å²) in [5, 5.41) is 0. The van der Waals surface area contributed by atoms with E-state index in [4.69, 9.17) is 15.2 Å². The lowest BCUT2D eigenvalue weighted by Gasteiger charge is -2.17. The first-order valence-electron chi connectivity index (χ1n) is 6.73.